The van der Waals surface area contributed by atoms with Crippen LogP contribution < -0.4 is 5.32 Å². The van der Waals surface area contributed by atoms with E-state index in [1.807, 2.05) is 18.6 Å². The zero-order chi connectivity index (χ0) is 18.1. The third-order valence-corrected chi connectivity index (χ3v) is 5.92. The predicted molar refractivity (Wildman–Crippen MR) is 111 cm³/mol. The zero-order valence-corrected chi connectivity index (χ0v) is 15.8. The third kappa shape index (κ3) is 3.59. The Balaban J connectivity index is 1.36. The van der Waals surface area contributed by atoms with Crippen LogP contribution in [0.2, 0.25) is 0 Å². The summed E-state index contributed by atoms with van der Waals surface area (Å²) in [5, 5.41) is 4.26. The average Bonchev–Trinajstić information content (AvgIpc) is 3.43. The summed E-state index contributed by atoms with van der Waals surface area (Å²) in [6, 6.07) is 12.7. The number of fused-ring (bicyclic) bond motifs is 1. The van der Waals surface area contributed by atoms with Gasteiger partial charge in [0.2, 0.25) is 0 Å². The molecular weight excluding hydrogens is 354 g/mol. The summed E-state index contributed by atoms with van der Waals surface area (Å²) in [7, 11) is 0. The van der Waals surface area contributed by atoms with Gasteiger partial charge in [0.25, 0.3) is 0 Å². The number of aromatic nitrogens is 3. The Morgan fingerprint density at radius 2 is 2.00 bits per heavy atom. The van der Waals surface area contributed by atoms with Gasteiger partial charge in [-0.1, -0.05) is 17.4 Å². The number of nitrogens with zero attached hydrogens (tertiary/aromatic N) is 3. The molecule has 27 heavy (non-hydrogen) atoms. The number of thiazole rings is 1. The van der Waals surface area contributed by atoms with Crippen LogP contribution >= 0.6 is 11.3 Å². The van der Waals surface area contributed by atoms with Gasteiger partial charge in [-0.3, -0.25) is 4.90 Å². The number of nitrogens with one attached hydrogen (secondary N) is 2. The van der Waals surface area contributed by atoms with Crippen molar-refractivity contribution < 1.29 is 0 Å². The van der Waals surface area contributed by atoms with Crippen molar-refractivity contribution in [1.82, 2.24) is 19.9 Å². The van der Waals surface area contributed by atoms with Gasteiger partial charge in [0, 0.05) is 25.1 Å². The fraction of sp³-hybridized carbons (Fsp3) is 0.238. The molecule has 5 rings (SSSR count). The number of hydrogen-bond donors (Lipinski definition) is 2. The number of benzene rings is 1. The molecule has 1 fully saturated rings. The van der Waals surface area contributed by atoms with Crippen LogP contribution in [-0.2, 0) is 6.54 Å². The molecule has 0 saturated carbocycles. The topological polar surface area (TPSA) is 56.8 Å². The Morgan fingerprint density at radius 3 is 2.85 bits per heavy atom. The molecule has 4 heterocycles. The lowest BCUT2D eigenvalue weighted by molar-refractivity contribution is 0.331. The second kappa shape index (κ2) is 7.13. The number of anilines is 2. The molecule has 2 N–H and O–H groups in total. The van der Waals surface area contributed by atoms with Crippen molar-refractivity contribution in [3.63, 3.8) is 0 Å². The van der Waals surface area contributed by atoms with E-state index in [9.17, 15) is 0 Å². The summed E-state index contributed by atoms with van der Waals surface area (Å²) in [5.41, 5.74) is 4.70. The third-order valence-electron chi connectivity index (χ3n) is 4.98. The van der Waals surface area contributed by atoms with Crippen molar-refractivity contribution in [2.24, 2.45) is 0 Å². The number of rotatable bonds is 5. The van der Waals surface area contributed by atoms with E-state index < -0.39 is 0 Å². The predicted octanol–water partition coefficient (Wildman–Crippen LogP) is 5.03. The maximum Gasteiger partial charge on any atom is 0.189 e. The molecule has 1 saturated heterocycles. The first-order chi connectivity index (χ1) is 13.3. The van der Waals surface area contributed by atoms with Crippen LogP contribution in [0.15, 0.2) is 55.0 Å². The molecular formula is C21H21N5S. The molecule has 0 radical (unpaired) electrons. The van der Waals surface area contributed by atoms with Crippen molar-refractivity contribution in [3.05, 3.63) is 60.6 Å². The fourth-order valence-corrected chi connectivity index (χ4v) is 4.52. The number of likely N-dealkylation sites (tertiary alicyclic amines) is 1. The molecule has 136 valence electrons. The fourth-order valence-electron chi connectivity index (χ4n) is 3.61. The Labute approximate surface area is 162 Å². The Bertz CT molecular complexity index is 1050. The molecule has 0 atom stereocenters. The van der Waals surface area contributed by atoms with E-state index in [1.54, 1.807) is 11.3 Å². The van der Waals surface area contributed by atoms with Gasteiger partial charge >= 0.3 is 0 Å². The van der Waals surface area contributed by atoms with Crippen LogP contribution in [0.25, 0.3) is 21.3 Å². The van der Waals surface area contributed by atoms with Crippen LogP contribution in [0.1, 0.15) is 18.4 Å². The van der Waals surface area contributed by atoms with Gasteiger partial charge in [0.15, 0.2) is 5.13 Å². The molecule has 3 aromatic heterocycles. The summed E-state index contributed by atoms with van der Waals surface area (Å²) in [5.74, 6) is 0.858. The highest BCUT2D eigenvalue weighted by Crippen LogP contribution is 2.31. The van der Waals surface area contributed by atoms with E-state index >= 15 is 0 Å². The molecule has 0 spiro atoms. The molecule has 0 unspecified atom stereocenters. The summed E-state index contributed by atoms with van der Waals surface area (Å²) in [6.45, 7) is 3.40. The van der Waals surface area contributed by atoms with Crippen molar-refractivity contribution in [3.8, 4) is 11.1 Å². The summed E-state index contributed by atoms with van der Waals surface area (Å²) >= 11 is 1.66. The number of H-pyrrole nitrogens is 1. The Kier molecular flexibility index (Phi) is 4.35. The second-order valence-electron chi connectivity index (χ2n) is 6.96. The van der Waals surface area contributed by atoms with E-state index in [2.05, 4.69) is 56.6 Å². The average molecular weight is 376 g/mol. The van der Waals surface area contributed by atoms with E-state index in [0.29, 0.717) is 0 Å². The van der Waals surface area contributed by atoms with E-state index in [1.165, 1.54) is 47.3 Å². The minimum atomic E-state index is 0.858. The van der Waals surface area contributed by atoms with Gasteiger partial charge in [-0.05, 0) is 73.0 Å². The van der Waals surface area contributed by atoms with E-state index in [4.69, 9.17) is 4.98 Å². The van der Waals surface area contributed by atoms with Gasteiger partial charge in [0.05, 0.1) is 10.2 Å². The van der Waals surface area contributed by atoms with Crippen molar-refractivity contribution in [2.75, 3.05) is 18.4 Å². The molecule has 0 aliphatic carbocycles. The molecule has 0 amide bonds. The molecule has 0 bridgehead atoms. The standard InChI is InChI=1S/C21H21N5S/c1-2-10-26(9-1)14-15-5-8-23-20(11-15)25-21-24-18-4-3-16(12-19(18)27-21)17-6-7-22-13-17/h3-8,11-13,22H,1-2,9-10,14H2,(H,23,24,25). The lowest BCUT2D eigenvalue weighted by Gasteiger charge is -2.14. The highest BCUT2D eigenvalue weighted by atomic mass is 32.1. The minimum Gasteiger partial charge on any atom is -0.367 e. The van der Waals surface area contributed by atoms with Crippen LogP contribution in [0, 0.1) is 0 Å². The maximum atomic E-state index is 4.71. The van der Waals surface area contributed by atoms with Crippen LogP contribution in [0.5, 0.6) is 0 Å². The molecule has 4 aromatic rings. The number of hydrogen-bond acceptors (Lipinski definition) is 5. The van der Waals surface area contributed by atoms with Gasteiger partial charge in [0.1, 0.15) is 5.82 Å². The lowest BCUT2D eigenvalue weighted by Crippen LogP contribution is -2.18. The normalized spacial score (nSPS) is 14.8. The lowest BCUT2D eigenvalue weighted by atomic mass is 10.1. The smallest absolute Gasteiger partial charge is 0.189 e. The molecule has 1 aliphatic rings. The quantitative estimate of drug-likeness (QED) is 0.514. The van der Waals surface area contributed by atoms with Gasteiger partial charge in [-0.15, -0.1) is 0 Å². The van der Waals surface area contributed by atoms with Crippen molar-refractivity contribution in [2.45, 2.75) is 19.4 Å². The van der Waals surface area contributed by atoms with Gasteiger partial charge in [-0.25, -0.2) is 9.97 Å². The number of pyridine rings is 1. The first-order valence-electron chi connectivity index (χ1n) is 9.31. The summed E-state index contributed by atoms with van der Waals surface area (Å²) in [6.07, 6.45) is 8.46. The highest BCUT2D eigenvalue weighted by molar-refractivity contribution is 7.22. The first kappa shape index (κ1) is 16.5. The van der Waals surface area contributed by atoms with E-state index in [-0.39, 0.29) is 0 Å². The molecule has 6 heteroatoms. The SMILES string of the molecule is c1cc(CN2CCCC2)cc(Nc2nc3ccc(-c4cc[nH]c4)cc3s2)n1. The van der Waals surface area contributed by atoms with Gasteiger partial charge in [-0.2, -0.15) is 0 Å². The molecule has 1 aliphatic heterocycles. The summed E-state index contributed by atoms with van der Waals surface area (Å²) in [4.78, 5) is 14.8. The monoisotopic (exact) mass is 375 g/mol. The second-order valence-corrected chi connectivity index (χ2v) is 7.99. The van der Waals surface area contributed by atoms with E-state index in [0.717, 1.165) is 23.0 Å². The molecule has 5 nitrogen and oxygen atoms in total. The van der Waals surface area contributed by atoms with Gasteiger partial charge < -0.3 is 10.3 Å². The largest absolute Gasteiger partial charge is 0.367 e. The van der Waals surface area contributed by atoms with Crippen molar-refractivity contribution >= 4 is 32.5 Å². The van der Waals surface area contributed by atoms with Crippen LogP contribution in [-0.4, -0.2) is 32.9 Å². The van der Waals surface area contributed by atoms with Crippen molar-refractivity contribution in [1.29, 1.82) is 0 Å². The molecule has 1 aromatic carbocycles. The Hall–Kier alpha value is -2.70. The van der Waals surface area contributed by atoms with Crippen LogP contribution in [0.3, 0.4) is 0 Å². The maximum absolute atomic E-state index is 4.71. The Morgan fingerprint density at radius 1 is 1.07 bits per heavy atom. The summed E-state index contributed by atoms with van der Waals surface area (Å²) < 4.78 is 1.17. The van der Waals surface area contributed by atoms with Crippen LogP contribution in [0.4, 0.5) is 10.9 Å². The first-order valence-corrected chi connectivity index (χ1v) is 10.1. The minimum absolute atomic E-state index is 0.858. The zero-order valence-electron chi connectivity index (χ0n) is 15.0. The number of aromatic amines is 1. The highest BCUT2D eigenvalue weighted by Gasteiger charge is 2.12.